The highest BCUT2D eigenvalue weighted by atomic mass is 35.5. The number of piperidine rings is 1. The highest BCUT2D eigenvalue weighted by molar-refractivity contribution is 6.35. The van der Waals surface area contributed by atoms with E-state index in [2.05, 4.69) is 4.98 Å². The number of carbonyl (C=O) groups is 1. The number of fused-ring (bicyclic) bond motifs is 1. The van der Waals surface area contributed by atoms with Gasteiger partial charge in [0.25, 0.3) is 0 Å². The molecule has 1 saturated heterocycles. The van der Waals surface area contributed by atoms with Gasteiger partial charge in [-0.15, -0.1) is 0 Å². The number of pyridine rings is 1. The van der Waals surface area contributed by atoms with E-state index in [1.807, 2.05) is 18.2 Å². The van der Waals surface area contributed by atoms with Crippen LogP contribution in [0.2, 0.25) is 5.02 Å². The third-order valence-corrected chi connectivity index (χ3v) is 4.36. The number of ether oxygens (including phenoxy) is 1. The molecule has 1 aliphatic heterocycles. The summed E-state index contributed by atoms with van der Waals surface area (Å²) in [6, 6.07) is 7.45. The number of amides is 1. The fourth-order valence-corrected chi connectivity index (χ4v) is 2.90. The Balaban J connectivity index is 1.59. The highest BCUT2D eigenvalue weighted by Gasteiger charge is 2.22. The monoisotopic (exact) mass is 320 g/mol. The molecule has 1 N–H and O–H groups in total. The molecular formula is C16H17ClN2O3. The highest BCUT2D eigenvalue weighted by Crippen LogP contribution is 2.26. The first-order chi connectivity index (χ1) is 10.6. The second-order valence-corrected chi connectivity index (χ2v) is 5.90. The van der Waals surface area contributed by atoms with Gasteiger partial charge in [0.2, 0.25) is 0 Å². The van der Waals surface area contributed by atoms with E-state index in [1.54, 1.807) is 12.3 Å². The molecule has 22 heavy (non-hydrogen) atoms. The van der Waals surface area contributed by atoms with Crippen LogP contribution >= 0.6 is 11.6 Å². The van der Waals surface area contributed by atoms with Gasteiger partial charge in [-0.3, -0.25) is 4.98 Å². The number of likely N-dealkylation sites (tertiary alicyclic amines) is 1. The average Bonchev–Trinajstić information content (AvgIpc) is 2.53. The number of rotatable bonds is 3. The topological polar surface area (TPSA) is 62.7 Å². The van der Waals surface area contributed by atoms with Crippen molar-refractivity contribution in [3.05, 3.63) is 35.5 Å². The summed E-state index contributed by atoms with van der Waals surface area (Å²) in [6.07, 6.45) is 2.51. The quantitative estimate of drug-likeness (QED) is 0.937. The third kappa shape index (κ3) is 3.25. The maximum Gasteiger partial charge on any atom is 0.407 e. The Morgan fingerprint density at radius 1 is 1.36 bits per heavy atom. The van der Waals surface area contributed by atoms with E-state index in [9.17, 15) is 4.79 Å². The fraction of sp³-hybridized carbons (Fsp3) is 0.375. The fourth-order valence-electron chi connectivity index (χ4n) is 2.69. The minimum atomic E-state index is -0.836. The van der Waals surface area contributed by atoms with Crippen molar-refractivity contribution in [3.8, 4) is 5.75 Å². The molecule has 116 valence electrons. The van der Waals surface area contributed by atoms with E-state index in [0.29, 0.717) is 30.6 Å². The minimum absolute atomic E-state index is 0.388. The molecule has 1 aromatic heterocycles. The van der Waals surface area contributed by atoms with Gasteiger partial charge in [0.05, 0.1) is 17.1 Å². The first kappa shape index (κ1) is 14.9. The van der Waals surface area contributed by atoms with Crippen molar-refractivity contribution in [1.29, 1.82) is 0 Å². The molecule has 3 rings (SSSR count). The summed E-state index contributed by atoms with van der Waals surface area (Å²) in [7, 11) is 0. The number of hydrogen-bond donors (Lipinski definition) is 1. The predicted octanol–water partition coefficient (Wildman–Crippen LogP) is 3.66. The van der Waals surface area contributed by atoms with E-state index in [1.165, 1.54) is 4.90 Å². The van der Waals surface area contributed by atoms with Crippen molar-refractivity contribution in [2.45, 2.75) is 12.8 Å². The van der Waals surface area contributed by atoms with Crippen LogP contribution < -0.4 is 4.74 Å². The van der Waals surface area contributed by atoms with Crippen LogP contribution in [0.3, 0.4) is 0 Å². The van der Waals surface area contributed by atoms with Gasteiger partial charge < -0.3 is 14.7 Å². The zero-order valence-corrected chi connectivity index (χ0v) is 12.8. The maximum atomic E-state index is 10.9. The van der Waals surface area contributed by atoms with Crippen molar-refractivity contribution in [2.75, 3.05) is 19.7 Å². The number of nitrogens with zero attached hydrogens (tertiary/aromatic N) is 2. The Labute approximate surface area is 133 Å². The molecule has 0 bridgehead atoms. The summed E-state index contributed by atoms with van der Waals surface area (Å²) in [6.45, 7) is 1.76. The van der Waals surface area contributed by atoms with Gasteiger partial charge in [-0.2, -0.15) is 0 Å². The lowest BCUT2D eigenvalue weighted by Gasteiger charge is -2.29. The molecule has 1 amide bonds. The maximum absolute atomic E-state index is 10.9. The van der Waals surface area contributed by atoms with Crippen molar-refractivity contribution in [3.63, 3.8) is 0 Å². The molecule has 1 fully saturated rings. The van der Waals surface area contributed by atoms with Gasteiger partial charge in [0, 0.05) is 30.7 Å². The summed E-state index contributed by atoms with van der Waals surface area (Å²) in [5.41, 5.74) is 0.811. The van der Waals surface area contributed by atoms with Crippen LogP contribution in [0.5, 0.6) is 5.75 Å². The van der Waals surface area contributed by atoms with Gasteiger partial charge in [-0.05, 0) is 37.0 Å². The molecule has 2 heterocycles. The molecular weight excluding hydrogens is 304 g/mol. The predicted molar refractivity (Wildman–Crippen MR) is 84.6 cm³/mol. The summed E-state index contributed by atoms with van der Waals surface area (Å²) < 4.78 is 5.84. The first-order valence-electron chi connectivity index (χ1n) is 7.28. The summed E-state index contributed by atoms with van der Waals surface area (Å²) in [5, 5.41) is 10.5. The van der Waals surface area contributed by atoms with Crippen molar-refractivity contribution >= 4 is 28.6 Å². The van der Waals surface area contributed by atoms with Crippen LogP contribution in [0, 0.1) is 5.92 Å². The zero-order valence-electron chi connectivity index (χ0n) is 12.0. The van der Waals surface area contributed by atoms with Crippen molar-refractivity contribution < 1.29 is 14.6 Å². The van der Waals surface area contributed by atoms with E-state index in [-0.39, 0.29) is 0 Å². The van der Waals surface area contributed by atoms with Gasteiger partial charge in [0.1, 0.15) is 5.75 Å². The molecule has 0 radical (unpaired) electrons. The van der Waals surface area contributed by atoms with Crippen LogP contribution in [0.4, 0.5) is 4.79 Å². The molecule has 5 nitrogen and oxygen atoms in total. The molecule has 0 unspecified atom stereocenters. The molecule has 0 saturated carbocycles. The lowest BCUT2D eigenvalue weighted by Crippen LogP contribution is -2.38. The minimum Gasteiger partial charge on any atom is -0.493 e. The van der Waals surface area contributed by atoms with Crippen molar-refractivity contribution in [1.82, 2.24) is 9.88 Å². The van der Waals surface area contributed by atoms with Crippen LogP contribution in [-0.4, -0.2) is 40.8 Å². The largest absolute Gasteiger partial charge is 0.493 e. The standard InChI is InChI=1S/C16H17ClN2O3/c17-14-3-6-18-15-9-12(1-2-13(14)15)22-10-11-4-7-19(8-5-11)16(20)21/h1-3,6,9,11H,4-5,7-8,10H2,(H,20,21). The Bertz CT molecular complexity index is 684. The van der Waals surface area contributed by atoms with E-state index in [0.717, 1.165) is 29.5 Å². The Morgan fingerprint density at radius 3 is 2.86 bits per heavy atom. The molecule has 0 spiro atoms. The SMILES string of the molecule is O=C(O)N1CCC(COc2ccc3c(Cl)ccnc3c2)CC1. The average molecular weight is 321 g/mol. The lowest BCUT2D eigenvalue weighted by atomic mass is 9.98. The smallest absolute Gasteiger partial charge is 0.407 e. The number of benzene rings is 1. The van der Waals surface area contributed by atoms with Crippen LogP contribution in [0.25, 0.3) is 10.9 Å². The van der Waals surface area contributed by atoms with Gasteiger partial charge in [0.15, 0.2) is 0 Å². The van der Waals surface area contributed by atoms with Crippen LogP contribution in [0.15, 0.2) is 30.5 Å². The summed E-state index contributed by atoms with van der Waals surface area (Å²) >= 11 is 6.11. The normalized spacial score (nSPS) is 16.0. The van der Waals surface area contributed by atoms with Crippen LogP contribution in [-0.2, 0) is 0 Å². The van der Waals surface area contributed by atoms with E-state index >= 15 is 0 Å². The number of carboxylic acid groups (broad SMARTS) is 1. The first-order valence-corrected chi connectivity index (χ1v) is 7.66. The second kappa shape index (κ2) is 6.40. The summed E-state index contributed by atoms with van der Waals surface area (Å²) in [4.78, 5) is 16.6. The number of hydrogen-bond acceptors (Lipinski definition) is 3. The number of aromatic nitrogens is 1. The molecule has 1 aromatic carbocycles. The molecule has 1 aliphatic rings. The molecule has 2 aromatic rings. The van der Waals surface area contributed by atoms with Gasteiger partial charge >= 0.3 is 6.09 Å². The van der Waals surface area contributed by atoms with E-state index in [4.69, 9.17) is 21.4 Å². The van der Waals surface area contributed by atoms with Gasteiger partial charge in [-0.25, -0.2) is 4.79 Å². The Morgan fingerprint density at radius 2 is 2.14 bits per heavy atom. The molecule has 0 aliphatic carbocycles. The van der Waals surface area contributed by atoms with Gasteiger partial charge in [-0.1, -0.05) is 11.6 Å². The molecule has 0 atom stereocenters. The van der Waals surface area contributed by atoms with Crippen LogP contribution in [0.1, 0.15) is 12.8 Å². The number of halogens is 1. The summed E-state index contributed by atoms with van der Waals surface area (Å²) in [5.74, 6) is 1.15. The Hall–Kier alpha value is -2.01. The van der Waals surface area contributed by atoms with Crippen molar-refractivity contribution in [2.24, 2.45) is 5.92 Å². The second-order valence-electron chi connectivity index (χ2n) is 5.50. The third-order valence-electron chi connectivity index (χ3n) is 4.03. The zero-order chi connectivity index (χ0) is 15.5. The van der Waals surface area contributed by atoms with E-state index < -0.39 is 6.09 Å². The Kier molecular flexibility index (Phi) is 4.34. The lowest BCUT2D eigenvalue weighted by molar-refractivity contribution is 0.111. The molecule has 6 heteroatoms.